The van der Waals surface area contributed by atoms with Crippen LogP contribution in [0.3, 0.4) is 0 Å². The van der Waals surface area contributed by atoms with E-state index in [0.29, 0.717) is 29.6 Å². The molecule has 0 amide bonds. The molecule has 0 radical (unpaired) electrons. The van der Waals surface area contributed by atoms with Crippen LogP contribution in [0.1, 0.15) is 90.5 Å². The van der Waals surface area contributed by atoms with Gasteiger partial charge in [0.2, 0.25) is 0 Å². The van der Waals surface area contributed by atoms with Crippen LogP contribution in [-0.4, -0.2) is 31.5 Å². The van der Waals surface area contributed by atoms with Gasteiger partial charge in [-0.15, -0.1) is 5.10 Å². The number of hydrogen-bond donors (Lipinski definition) is 1. The standard InChI is InChI=1S/C30H43N3O2/c1-5-30-15-14-28(3,35)17-20(30)7-8-21-22-9-10-24(29(22,4)13-12-23(21)30)27(34)18-33-26-16-19(2)6-11-25(26)31-32-33/h6,11,16,20-24,35H,5,7-10,12-15,17-18H2,1-4H3/t20-,21-,22-,23-,24+,28+,29-,30-/m0/s1. The second-order valence-electron chi connectivity index (χ2n) is 13.3. The van der Waals surface area contributed by atoms with Crippen LogP contribution in [0, 0.1) is 47.3 Å². The van der Waals surface area contributed by atoms with Gasteiger partial charge in [0.15, 0.2) is 5.78 Å². The first-order chi connectivity index (χ1) is 16.7. The summed E-state index contributed by atoms with van der Waals surface area (Å²) in [6, 6.07) is 6.14. The molecule has 0 aliphatic heterocycles. The van der Waals surface area contributed by atoms with Gasteiger partial charge in [0, 0.05) is 5.92 Å². The Morgan fingerprint density at radius 2 is 1.91 bits per heavy atom. The van der Waals surface area contributed by atoms with Gasteiger partial charge >= 0.3 is 0 Å². The fraction of sp³-hybridized carbons (Fsp3) is 0.767. The lowest BCUT2D eigenvalue weighted by Gasteiger charge is -2.63. The van der Waals surface area contributed by atoms with Crippen molar-refractivity contribution in [2.24, 2.45) is 40.4 Å². The van der Waals surface area contributed by atoms with Crippen LogP contribution in [0.4, 0.5) is 0 Å². The number of rotatable bonds is 4. The molecule has 0 bridgehead atoms. The lowest BCUT2D eigenvalue weighted by Crippen LogP contribution is -2.56. The molecule has 4 aliphatic rings. The number of hydrogen-bond acceptors (Lipinski definition) is 4. The maximum atomic E-state index is 13.8. The minimum Gasteiger partial charge on any atom is -0.390 e. The van der Waals surface area contributed by atoms with E-state index in [1.807, 2.05) is 10.7 Å². The SMILES string of the molecule is CC[C@]12CC[C@@](C)(O)C[C@@H]1CC[C@H]1[C@@H]3CC[C@H](C(=O)Cn4nnc5ccc(C)cc54)[C@@]3(C)CC[C@@H]12. The zero-order valence-electron chi connectivity index (χ0n) is 22.1. The van der Waals surface area contributed by atoms with E-state index in [0.717, 1.165) is 42.1 Å². The van der Waals surface area contributed by atoms with E-state index in [9.17, 15) is 9.90 Å². The predicted octanol–water partition coefficient (Wildman–Crippen LogP) is 6.11. The molecular weight excluding hydrogens is 434 g/mol. The lowest BCUT2D eigenvalue weighted by atomic mass is 9.42. The summed E-state index contributed by atoms with van der Waals surface area (Å²) in [6.45, 7) is 9.34. The summed E-state index contributed by atoms with van der Waals surface area (Å²) < 4.78 is 1.83. The van der Waals surface area contributed by atoms with Crippen LogP contribution in [0.25, 0.3) is 11.0 Å². The highest BCUT2D eigenvalue weighted by molar-refractivity contribution is 5.84. The Bertz CT molecular complexity index is 1140. The normalized spacial score (nSPS) is 42.9. The molecule has 0 unspecified atom stereocenters. The summed E-state index contributed by atoms with van der Waals surface area (Å²) in [6.07, 6.45) is 11.6. The fourth-order valence-corrected chi connectivity index (χ4v) is 9.92. The molecule has 4 aliphatic carbocycles. The summed E-state index contributed by atoms with van der Waals surface area (Å²) in [5.41, 5.74) is 3.06. The number of carbonyl (C=O) groups is 1. The average molecular weight is 478 g/mol. The number of nitrogens with zero attached hydrogens (tertiary/aromatic N) is 3. The molecule has 0 spiro atoms. The van der Waals surface area contributed by atoms with Crippen molar-refractivity contribution in [3.63, 3.8) is 0 Å². The van der Waals surface area contributed by atoms with Crippen LogP contribution < -0.4 is 0 Å². The summed E-state index contributed by atoms with van der Waals surface area (Å²) in [4.78, 5) is 13.8. The van der Waals surface area contributed by atoms with Gasteiger partial charge in [0.05, 0.1) is 11.1 Å². The Morgan fingerprint density at radius 1 is 1.09 bits per heavy atom. The fourth-order valence-electron chi connectivity index (χ4n) is 9.92. The molecule has 5 heteroatoms. The highest BCUT2D eigenvalue weighted by atomic mass is 16.3. The third-order valence-corrected chi connectivity index (χ3v) is 11.7. The summed E-state index contributed by atoms with van der Waals surface area (Å²) in [7, 11) is 0. The minimum atomic E-state index is -0.478. The van der Waals surface area contributed by atoms with E-state index < -0.39 is 5.60 Å². The lowest BCUT2D eigenvalue weighted by molar-refractivity contribution is -0.158. The van der Waals surface area contributed by atoms with Gasteiger partial charge in [0.25, 0.3) is 0 Å². The predicted molar refractivity (Wildman–Crippen MR) is 138 cm³/mol. The molecular formula is C30H43N3O2. The summed E-state index contributed by atoms with van der Waals surface area (Å²) >= 11 is 0. The van der Waals surface area contributed by atoms with Crippen molar-refractivity contribution in [2.75, 3.05) is 0 Å². The minimum absolute atomic E-state index is 0.118. The number of Topliss-reactive ketones (excluding diaryl/α,β-unsaturated/α-hetero) is 1. The van der Waals surface area contributed by atoms with Crippen LogP contribution in [-0.2, 0) is 11.3 Å². The van der Waals surface area contributed by atoms with Gasteiger partial charge in [-0.3, -0.25) is 4.79 Å². The van der Waals surface area contributed by atoms with Crippen molar-refractivity contribution in [1.29, 1.82) is 0 Å². The van der Waals surface area contributed by atoms with Gasteiger partial charge in [0.1, 0.15) is 12.1 Å². The number of carbonyl (C=O) groups excluding carboxylic acids is 1. The van der Waals surface area contributed by atoms with Crippen molar-refractivity contribution in [1.82, 2.24) is 15.0 Å². The number of fused-ring (bicyclic) bond motifs is 6. The van der Waals surface area contributed by atoms with Crippen molar-refractivity contribution in [2.45, 2.75) is 104 Å². The summed E-state index contributed by atoms with van der Waals surface area (Å²) in [5, 5.41) is 19.5. The maximum absolute atomic E-state index is 13.8. The Kier molecular flexibility index (Phi) is 5.49. The average Bonchev–Trinajstić information content (AvgIpc) is 3.38. The van der Waals surface area contributed by atoms with Crippen LogP contribution in [0.5, 0.6) is 0 Å². The first-order valence-corrected chi connectivity index (χ1v) is 14.2. The molecule has 8 atom stereocenters. The van der Waals surface area contributed by atoms with E-state index in [4.69, 9.17) is 0 Å². The van der Waals surface area contributed by atoms with Gasteiger partial charge in [-0.2, -0.15) is 0 Å². The van der Waals surface area contributed by atoms with Crippen LogP contribution in [0.2, 0.25) is 0 Å². The number of aliphatic hydroxyl groups is 1. The van der Waals surface area contributed by atoms with Gasteiger partial charge in [-0.05, 0) is 130 Å². The quantitative estimate of drug-likeness (QED) is 0.577. The van der Waals surface area contributed by atoms with Crippen molar-refractivity contribution < 1.29 is 9.90 Å². The topological polar surface area (TPSA) is 68.0 Å². The molecule has 1 aromatic carbocycles. The second-order valence-corrected chi connectivity index (χ2v) is 13.3. The maximum Gasteiger partial charge on any atom is 0.157 e. The molecule has 4 fully saturated rings. The van der Waals surface area contributed by atoms with Crippen molar-refractivity contribution in [3.05, 3.63) is 23.8 Å². The Morgan fingerprint density at radius 3 is 2.71 bits per heavy atom. The molecule has 190 valence electrons. The first kappa shape index (κ1) is 23.6. The van der Waals surface area contributed by atoms with Crippen molar-refractivity contribution >= 4 is 16.8 Å². The molecule has 0 saturated heterocycles. The molecule has 2 aromatic rings. The molecule has 4 saturated carbocycles. The number of aromatic nitrogens is 3. The highest BCUT2D eigenvalue weighted by Gasteiger charge is 2.62. The Labute approximate surface area is 210 Å². The van der Waals surface area contributed by atoms with Gasteiger partial charge in [-0.25, -0.2) is 4.68 Å². The molecule has 1 N–H and O–H groups in total. The van der Waals surface area contributed by atoms with E-state index in [-0.39, 0.29) is 11.3 Å². The van der Waals surface area contributed by atoms with Crippen molar-refractivity contribution in [3.8, 4) is 0 Å². The largest absolute Gasteiger partial charge is 0.390 e. The highest BCUT2D eigenvalue weighted by Crippen LogP contribution is 2.69. The molecule has 1 aromatic heterocycles. The third kappa shape index (κ3) is 3.54. The Balaban J connectivity index is 1.23. The smallest absolute Gasteiger partial charge is 0.157 e. The van der Waals surface area contributed by atoms with E-state index >= 15 is 0 Å². The van der Waals surface area contributed by atoms with Crippen LogP contribution >= 0.6 is 0 Å². The van der Waals surface area contributed by atoms with E-state index in [2.05, 4.69) is 50.1 Å². The second kappa shape index (κ2) is 8.13. The number of ketones is 1. The number of aryl methyl sites for hydroxylation is 1. The summed E-state index contributed by atoms with van der Waals surface area (Å²) in [5.74, 6) is 3.35. The monoisotopic (exact) mass is 477 g/mol. The van der Waals surface area contributed by atoms with Crippen LogP contribution in [0.15, 0.2) is 18.2 Å². The molecule has 6 rings (SSSR count). The van der Waals surface area contributed by atoms with E-state index in [1.54, 1.807) is 0 Å². The molecule has 5 nitrogen and oxygen atoms in total. The Hall–Kier alpha value is -1.75. The molecule has 35 heavy (non-hydrogen) atoms. The van der Waals surface area contributed by atoms with E-state index in [1.165, 1.54) is 50.5 Å². The van der Waals surface area contributed by atoms with Gasteiger partial charge in [-0.1, -0.05) is 25.1 Å². The zero-order valence-corrected chi connectivity index (χ0v) is 22.1. The molecule has 1 heterocycles. The van der Waals surface area contributed by atoms with Gasteiger partial charge < -0.3 is 5.11 Å². The third-order valence-electron chi connectivity index (χ3n) is 11.7. The zero-order chi connectivity index (χ0) is 24.6. The number of benzene rings is 1. The first-order valence-electron chi connectivity index (χ1n) is 14.2.